The maximum Gasteiger partial charge on any atom is 0.508 e. The number of hydrogen-bond donors (Lipinski definition) is 4. The summed E-state index contributed by atoms with van der Waals surface area (Å²) in [6.07, 6.45) is 15.8. The van der Waals surface area contributed by atoms with Crippen molar-refractivity contribution < 1.29 is 58.2 Å². The normalized spacial score (nSPS) is 31.3. The maximum absolute atomic E-state index is 13.6. The van der Waals surface area contributed by atoms with Gasteiger partial charge in [0.05, 0.1) is 25.4 Å². The molecule has 5 aliphatic rings. The maximum atomic E-state index is 13.6. The number of fused-ring (bicyclic) bond motifs is 5. The van der Waals surface area contributed by atoms with Crippen LogP contribution in [0, 0.1) is 34.5 Å². The van der Waals surface area contributed by atoms with Gasteiger partial charge in [-0.15, -0.1) is 0 Å². The van der Waals surface area contributed by atoms with E-state index in [1.165, 1.54) is 11.1 Å². The minimum atomic E-state index is -1.66. The SMILES string of the molecule is CCNC(=O)CCC/C=C\C[C@@H]1[C@@H](/C=C/[C@H](CCc2ccccc2)OC(=O)OCCCOC(=O)OCC(=O)[C@@]2(O)CC[C@H]3[C@@H]4CCC5=CC(=O)CC[C@]5(C)C4=CC[C@@]32C)[C@H](O)C[C@@H]1O. The van der Waals surface area contributed by atoms with Crippen molar-refractivity contribution in [2.45, 2.75) is 141 Å². The summed E-state index contributed by atoms with van der Waals surface area (Å²) < 4.78 is 21.3. The highest BCUT2D eigenvalue weighted by atomic mass is 16.7. The lowest BCUT2D eigenvalue weighted by atomic mass is 9.50. The van der Waals surface area contributed by atoms with E-state index in [1.54, 1.807) is 6.08 Å². The third kappa shape index (κ3) is 11.4. The van der Waals surface area contributed by atoms with E-state index >= 15 is 0 Å². The molecule has 0 aliphatic heterocycles. The number of unbranched alkanes of at least 4 members (excludes halogenated alkanes) is 1. The van der Waals surface area contributed by atoms with E-state index in [4.69, 9.17) is 18.9 Å². The van der Waals surface area contributed by atoms with Crippen LogP contribution in [0.15, 0.2) is 77.9 Å². The van der Waals surface area contributed by atoms with Crippen LogP contribution in [0.25, 0.3) is 0 Å². The summed E-state index contributed by atoms with van der Waals surface area (Å²) in [5, 5.41) is 36.3. The van der Waals surface area contributed by atoms with Gasteiger partial charge < -0.3 is 39.6 Å². The minimum Gasteiger partial charge on any atom is -0.434 e. The van der Waals surface area contributed by atoms with E-state index in [-0.39, 0.29) is 73.3 Å². The number of allylic oxidation sites excluding steroid dienone is 6. The number of carbonyl (C=O) groups excluding carboxylic acids is 5. The summed E-state index contributed by atoms with van der Waals surface area (Å²) in [5.74, 6) is -0.626. The first-order chi connectivity index (χ1) is 30.7. The fourth-order valence-corrected chi connectivity index (χ4v) is 11.3. The van der Waals surface area contributed by atoms with Crippen molar-refractivity contribution in [3.05, 3.63) is 83.5 Å². The zero-order valence-electron chi connectivity index (χ0n) is 37.8. The van der Waals surface area contributed by atoms with Gasteiger partial charge in [0, 0.05) is 49.0 Å². The Morgan fingerprint density at radius 2 is 1.70 bits per heavy atom. The molecule has 10 atom stereocenters. The number of aryl methyl sites for hydroxylation is 1. The van der Waals surface area contributed by atoms with Gasteiger partial charge in [-0.25, -0.2) is 9.59 Å². The van der Waals surface area contributed by atoms with E-state index < -0.39 is 54.0 Å². The Morgan fingerprint density at radius 1 is 0.938 bits per heavy atom. The molecule has 13 nitrogen and oxygen atoms in total. The van der Waals surface area contributed by atoms with Crippen molar-refractivity contribution >= 4 is 29.8 Å². The molecule has 0 heterocycles. The molecule has 0 unspecified atom stereocenters. The number of aliphatic hydroxyl groups is 3. The summed E-state index contributed by atoms with van der Waals surface area (Å²) in [4.78, 5) is 62.9. The van der Waals surface area contributed by atoms with Crippen LogP contribution in [0.5, 0.6) is 0 Å². The number of Topliss-reactive ketones (excluding diaryl/α,β-unsaturated/α-hetero) is 1. The van der Waals surface area contributed by atoms with Crippen LogP contribution in [-0.4, -0.2) is 95.4 Å². The van der Waals surface area contributed by atoms with Gasteiger partial charge in [0.1, 0.15) is 11.7 Å². The molecule has 0 bridgehead atoms. The second kappa shape index (κ2) is 22.1. The Morgan fingerprint density at radius 3 is 2.47 bits per heavy atom. The molecule has 4 N–H and O–H groups in total. The van der Waals surface area contributed by atoms with Crippen LogP contribution < -0.4 is 5.32 Å². The van der Waals surface area contributed by atoms with Gasteiger partial charge in [-0.3, -0.25) is 14.4 Å². The molecule has 1 aromatic carbocycles. The number of benzene rings is 1. The number of aliphatic hydroxyl groups excluding tert-OH is 2. The molecule has 5 aliphatic carbocycles. The predicted octanol–water partition coefficient (Wildman–Crippen LogP) is 7.60. The first-order valence-electron chi connectivity index (χ1n) is 23.5. The molecular weight excluding hydrogens is 819 g/mol. The average molecular weight is 888 g/mol. The molecule has 6 rings (SSSR count). The van der Waals surface area contributed by atoms with Crippen molar-refractivity contribution in [1.82, 2.24) is 5.32 Å². The molecule has 0 aromatic heterocycles. The fraction of sp³-hybridized carbons (Fsp3) is 0.627. The van der Waals surface area contributed by atoms with Crippen molar-refractivity contribution in [1.29, 1.82) is 0 Å². The lowest BCUT2D eigenvalue weighted by molar-refractivity contribution is -0.156. The molecule has 0 spiro atoms. The van der Waals surface area contributed by atoms with Gasteiger partial charge in [-0.05, 0) is 113 Å². The quantitative estimate of drug-likeness (QED) is 0.0570. The van der Waals surface area contributed by atoms with E-state index in [0.717, 1.165) is 37.7 Å². The summed E-state index contributed by atoms with van der Waals surface area (Å²) >= 11 is 0. The Kier molecular flexibility index (Phi) is 16.8. The van der Waals surface area contributed by atoms with Crippen LogP contribution >= 0.6 is 0 Å². The Bertz CT molecular complexity index is 1940. The molecule has 350 valence electrons. The number of carbonyl (C=O) groups is 5. The Labute approximate surface area is 377 Å². The van der Waals surface area contributed by atoms with Crippen LogP contribution in [0.1, 0.15) is 116 Å². The fourth-order valence-electron chi connectivity index (χ4n) is 11.3. The number of nitrogens with one attached hydrogen (secondary N) is 1. The molecule has 3 fully saturated rings. The molecule has 1 aromatic rings. The summed E-state index contributed by atoms with van der Waals surface area (Å²) in [7, 11) is 0. The topological polar surface area (TPSA) is 195 Å². The first-order valence-corrected chi connectivity index (χ1v) is 23.5. The zero-order valence-corrected chi connectivity index (χ0v) is 37.8. The second-order valence-corrected chi connectivity index (χ2v) is 18.9. The highest BCUT2D eigenvalue weighted by Crippen LogP contribution is 2.65. The number of hydrogen-bond acceptors (Lipinski definition) is 12. The van der Waals surface area contributed by atoms with E-state index in [0.29, 0.717) is 51.5 Å². The Balaban J connectivity index is 0.939. The molecular formula is C51H69NO12. The van der Waals surface area contributed by atoms with Crippen molar-refractivity contribution in [3.63, 3.8) is 0 Å². The van der Waals surface area contributed by atoms with Gasteiger partial charge >= 0.3 is 12.3 Å². The highest BCUT2D eigenvalue weighted by Gasteiger charge is 2.64. The van der Waals surface area contributed by atoms with Crippen LogP contribution in [0.4, 0.5) is 9.59 Å². The second-order valence-electron chi connectivity index (χ2n) is 18.9. The van der Waals surface area contributed by atoms with Gasteiger partial charge in [0.15, 0.2) is 12.4 Å². The smallest absolute Gasteiger partial charge is 0.434 e. The summed E-state index contributed by atoms with van der Waals surface area (Å²) in [6.45, 7) is 5.80. The third-order valence-corrected chi connectivity index (χ3v) is 15.0. The van der Waals surface area contributed by atoms with Gasteiger partial charge in [0.2, 0.25) is 11.7 Å². The van der Waals surface area contributed by atoms with Crippen LogP contribution in [-0.2, 0) is 39.8 Å². The van der Waals surface area contributed by atoms with Crippen molar-refractivity contribution in [3.8, 4) is 0 Å². The molecule has 0 radical (unpaired) electrons. The molecule has 64 heavy (non-hydrogen) atoms. The number of ether oxygens (including phenoxy) is 4. The van der Waals surface area contributed by atoms with Gasteiger partial charge in [-0.1, -0.05) is 79.6 Å². The van der Waals surface area contributed by atoms with E-state index in [1.807, 2.05) is 68.5 Å². The van der Waals surface area contributed by atoms with E-state index in [9.17, 15) is 39.3 Å². The van der Waals surface area contributed by atoms with Crippen LogP contribution in [0.2, 0.25) is 0 Å². The highest BCUT2D eigenvalue weighted by molar-refractivity contribution is 5.92. The first kappa shape index (κ1) is 48.9. The largest absolute Gasteiger partial charge is 0.508 e. The van der Waals surface area contributed by atoms with E-state index in [2.05, 4.69) is 18.3 Å². The van der Waals surface area contributed by atoms with Crippen LogP contribution in [0.3, 0.4) is 0 Å². The molecule has 13 heteroatoms. The lowest BCUT2D eigenvalue weighted by Gasteiger charge is -2.54. The average Bonchev–Trinajstić information content (AvgIpc) is 3.71. The van der Waals surface area contributed by atoms with Gasteiger partial charge in [0.25, 0.3) is 0 Å². The third-order valence-electron chi connectivity index (χ3n) is 15.0. The molecule has 3 saturated carbocycles. The minimum absolute atomic E-state index is 0.0252. The zero-order chi connectivity index (χ0) is 45.9. The summed E-state index contributed by atoms with van der Waals surface area (Å²) in [6, 6.07) is 9.75. The van der Waals surface area contributed by atoms with Gasteiger partial charge in [-0.2, -0.15) is 0 Å². The standard InChI is InChI=1S/C51H69NO12/c1-4-52-46(57)16-11-6-5-10-15-38-39(44(55)32-43(38)54)22-20-37(19-17-34-13-8-7-9-14-34)64-48(59)62-30-12-29-61-47(58)63-33-45(56)51(60)28-25-42-40-21-18-35-31-36(53)23-26-49(35,2)41(40)24-27-50(42,51)3/h5,7-10,13-14,20,22,24,31,37-40,42-44,54-55,60H,4,6,11-12,15-19,21,23,25-30,32-33H2,1-3H3,(H,52,57)/b10-5-,22-20+/t37-,38+,39+,40+,42-,43-,44+,49-,50-,51-/m0/s1. The Hall–Kier alpha value is -4.59. The monoisotopic (exact) mass is 887 g/mol. The lowest BCUT2D eigenvalue weighted by Crippen LogP contribution is -2.55. The number of amides is 1. The van der Waals surface area contributed by atoms with Crippen molar-refractivity contribution in [2.24, 2.45) is 34.5 Å². The predicted molar refractivity (Wildman–Crippen MR) is 239 cm³/mol. The number of ketones is 2. The van der Waals surface area contributed by atoms with Crippen molar-refractivity contribution in [2.75, 3.05) is 26.4 Å². The number of rotatable bonds is 20. The molecule has 0 saturated heterocycles. The summed E-state index contributed by atoms with van der Waals surface area (Å²) in [5.41, 5.74) is 1.07. The molecule has 1 amide bonds.